The number of fused-ring (bicyclic) bond motifs is 2. The second-order valence-corrected chi connectivity index (χ2v) is 8.21. The number of nitrogens with one attached hydrogen (secondary N) is 1. The van der Waals surface area contributed by atoms with E-state index in [0.29, 0.717) is 18.0 Å². The average molecular weight is 369 g/mol. The van der Waals surface area contributed by atoms with Crippen molar-refractivity contribution in [3.63, 3.8) is 0 Å². The number of benzene rings is 2. The fourth-order valence-corrected chi connectivity index (χ4v) is 4.74. The summed E-state index contributed by atoms with van der Waals surface area (Å²) in [6.07, 6.45) is 0.898. The molecule has 1 atom stereocenters. The van der Waals surface area contributed by atoms with Gasteiger partial charge in [-0.3, -0.25) is 14.5 Å². The third kappa shape index (κ3) is 2.78. The number of aliphatic imine (C=N–C) groups is 1. The largest absolute Gasteiger partial charge is 0.311 e. The first kappa shape index (κ1) is 16.8. The molecule has 0 aromatic heterocycles. The van der Waals surface area contributed by atoms with Crippen molar-refractivity contribution in [2.24, 2.45) is 4.99 Å². The molecule has 2 aliphatic rings. The van der Waals surface area contributed by atoms with Crippen molar-refractivity contribution in [3.8, 4) is 0 Å². The Bertz CT molecular complexity index is 1010. The van der Waals surface area contributed by atoms with Crippen LogP contribution < -0.4 is 9.62 Å². The monoisotopic (exact) mass is 369 g/mol. The maximum absolute atomic E-state index is 12.7. The fourth-order valence-electron chi connectivity index (χ4n) is 3.49. The average Bonchev–Trinajstić information content (AvgIpc) is 2.91. The van der Waals surface area contributed by atoms with Crippen molar-refractivity contribution < 1.29 is 13.2 Å². The van der Waals surface area contributed by atoms with Crippen LogP contribution in [0.3, 0.4) is 0 Å². The second kappa shape index (κ2) is 6.25. The number of carbonyl (C=O) groups is 1. The molecule has 0 spiro atoms. The van der Waals surface area contributed by atoms with E-state index in [-0.39, 0.29) is 23.2 Å². The van der Waals surface area contributed by atoms with E-state index in [9.17, 15) is 13.2 Å². The number of amidine groups is 1. The van der Waals surface area contributed by atoms with Gasteiger partial charge in [0.25, 0.3) is 10.0 Å². The molecule has 0 unspecified atom stereocenters. The third-order valence-electron chi connectivity index (χ3n) is 4.88. The van der Waals surface area contributed by atoms with Gasteiger partial charge in [-0.15, -0.1) is 0 Å². The highest BCUT2D eigenvalue weighted by Crippen LogP contribution is 2.34. The number of rotatable bonds is 2. The van der Waals surface area contributed by atoms with Crippen LogP contribution in [0.15, 0.2) is 58.4 Å². The molecule has 0 fully saturated rings. The van der Waals surface area contributed by atoms with E-state index in [2.05, 4.69) is 16.6 Å². The normalized spacial score (nSPS) is 21.8. The SMILES string of the molecule is C[C@@H]1CCN(C(=O)CN=C2NS(=O)(=O)c3ccccc32)c2ccccc21. The van der Waals surface area contributed by atoms with Crippen molar-refractivity contribution in [3.05, 3.63) is 59.7 Å². The van der Waals surface area contributed by atoms with Gasteiger partial charge in [-0.2, -0.15) is 0 Å². The maximum Gasteiger partial charge on any atom is 0.263 e. The molecule has 2 aromatic carbocycles. The number of hydrogen-bond acceptors (Lipinski definition) is 4. The topological polar surface area (TPSA) is 78.8 Å². The maximum atomic E-state index is 12.7. The van der Waals surface area contributed by atoms with E-state index in [1.165, 1.54) is 6.07 Å². The lowest BCUT2D eigenvalue weighted by atomic mass is 9.91. The number of carbonyl (C=O) groups excluding carboxylic acids is 1. The minimum absolute atomic E-state index is 0.102. The smallest absolute Gasteiger partial charge is 0.263 e. The quantitative estimate of drug-likeness (QED) is 0.882. The van der Waals surface area contributed by atoms with Crippen LogP contribution in [-0.2, 0) is 14.8 Å². The van der Waals surface area contributed by atoms with E-state index in [4.69, 9.17) is 0 Å². The second-order valence-electron chi connectivity index (χ2n) is 6.56. The Hall–Kier alpha value is -2.67. The Morgan fingerprint density at radius 3 is 2.77 bits per heavy atom. The van der Waals surface area contributed by atoms with Gasteiger partial charge in [0.15, 0.2) is 0 Å². The molecule has 2 heterocycles. The Balaban J connectivity index is 1.59. The number of nitrogens with zero attached hydrogens (tertiary/aromatic N) is 2. The fraction of sp³-hybridized carbons (Fsp3) is 0.263. The zero-order valence-corrected chi connectivity index (χ0v) is 15.2. The molecule has 2 aliphatic heterocycles. The first-order valence-electron chi connectivity index (χ1n) is 8.53. The van der Waals surface area contributed by atoms with E-state index in [1.54, 1.807) is 23.1 Å². The molecule has 0 bridgehead atoms. The van der Waals surface area contributed by atoms with Crippen LogP contribution in [0.25, 0.3) is 0 Å². The predicted octanol–water partition coefficient (Wildman–Crippen LogP) is 2.27. The summed E-state index contributed by atoms with van der Waals surface area (Å²) in [6.45, 7) is 2.70. The highest BCUT2D eigenvalue weighted by Gasteiger charge is 2.31. The van der Waals surface area contributed by atoms with Crippen molar-refractivity contribution in [1.29, 1.82) is 0 Å². The van der Waals surface area contributed by atoms with E-state index in [0.717, 1.165) is 17.7 Å². The number of sulfonamides is 1. The van der Waals surface area contributed by atoms with E-state index < -0.39 is 10.0 Å². The lowest BCUT2D eigenvalue weighted by molar-refractivity contribution is -0.117. The minimum atomic E-state index is -3.59. The summed E-state index contributed by atoms with van der Waals surface area (Å²) in [5.41, 5.74) is 2.59. The van der Waals surface area contributed by atoms with Gasteiger partial charge < -0.3 is 4.90 Å². The number of amides is 1. The van der Waals surface area contributed by atoms with E-state index >= 15 is 0 Å². The Morgan fingerprint density at radius 2 is 1.92 bits per heavy atom. The van der Waals surface area contributed by atoms with Crippen LogP contribution in [0.2, 0.25) is 0 Å². The minimum Gasteiger partial charge on any atom is -0.311 e. The van der Waals surface area contributed by atoms with Crippen molar-refractivity contribution in [1.82, 2.24) is 4.72 Å². The molecule has 0 aliphatic carbocycles. The molecule has 7 heteroatoms. The molecule has 0 saturated carbocycles. The lowest BCUT2D eigenvalue weighted by Crippen LogP contribution is -2.38. The molecule has 4 rings (SSSR count). The van der Waals surface area contributed by atoms with Gasteiger partial charge in [0.05, 0.1) is 4.90 Å². The summed E-state index contributed by atoms with van der Waals surface area (Å²) in [7, 11) is -3.59. The van der Waals surface area contributed by atoms with Crippen LogP contribution in [-0.4, -0.2) is 33.3 Å². The van der Waals surface area contributed by atoms with Gasteiger partial charge in [0.2, 0.25) is 5.91 Å². The predicted molar refractivity (Wildman–Crippen MR) is 100.0 cm³/mol. The Morgan fingerprint density at radius 1 is 1.19 bits per heavy atom. The van der Waals surface area contributed by atoms with Crippen molar-refractivity contribution in [2.45, 2.75) is 24.2 Å². The molecular weight excluding hydrogens is 350 g/mol. The van der Waals surface area contributed by atoms with Crippen molar-refractivity contribution in [2.75, 3.05) is 18.0 Å². The van der Waals surface area contributed by atoms with Gasteiger partial charge in [-0.25, -0.2) is 8.42 Å². The lowest BCUT2D eigenvalue weighted by Gasteiger charge is -2.32. The molecule has 134 valence electrons. The molecule has 2 aromatic rings. The van der Waals surface area contributed by atoms with Gasteiger partial charge >= 0.3 is 0 Å². The number of hydrogen-bond donors (Lipinski definition) is 1. The van der Waals surface area contributed by atoms with Crippen LogP contribution >= 0.6 is 0 Å². The Labute approximate surface area is 152 Å². The zero-order valence-electron chi connectivity index (χ0n) is 14.3. The number of para-hydroxylation sites is 1. The molecule has 0 saturated heterocycles. The molecular formula is C19H19N3O3S. The molecule has 6 nitrogen and oxygen atoms in total. The summed E-state index contributed by atoms with van der Waals surface area (Å²) in [4.78, 5) is 18.9. The standard InChI is InChI=1S/C19H19N3O3S/c1-13-10-11-22(16-8-4-2-6-14(13)16)18(23)12-20-19-15-7-3-5-9-17(15)26(24,25)21-19/h2-9,13H,10-12H2,1H3,(H,20,21)/t13-/m1/s1. The Kier molecular flexibility index (Phi) is 4.03. The number of anilines is 1. The molecule has 1 amide bonds. The first-order chi connectivity index (χ1) is 12.5. The summed E-state index contributed by atoms with van der Waals surface area (Å²) in [5.74, 6) is 0.503. The van der Waals surface area contributed by atoms with Gasteiger partial charge in [-0.1, -0.05) is 37.3 Å². The zero-order chi connectivity index (χ0) is 18.3. The van der Waals surface area contributed by atoms with Crippen LogP contribution in [0.4, 0.5) is 5.69 Å². The van der Waals surface area contributed by atoms with E-state index in [1.807, 2.05) is 24.3 Å². The van der Waals surface area contributed by atoms with Crippen LogP contribution in [0, 0.1) is 0 Å². The van der Waals surface area contributed by atoms with Gasteiger partial charge in [-0.05, 0) is 36.1 Å². The van der Waals surface area contributed by atoms with Gasteiger partial charge in [0.1, 0.15) is 12.4 Å². The summed E-state index contributed by atoms with van der Waals surface area (Å²) >= 11 is 0. The highest BCUT2D eigenvalue weighted by molar-refractivity contribution is 7.90. The summed E-state index contributed by atoms with van der Waals surface area (Å²) < 4.78 is 26.7. The van der Waals surface area contributed by atoms with Gasteiger partial charge in [0, 0.05) is 17.8 Å². The van der Waals surface area contributed by atoms with Crippen LogP contribution in [0.1, 0.15) is 30.4 Å². The molecule has 0 radical (unpaired) electrons. The summed E-state index contributed by atoms with van der Waals surface area (Å²) in [6, 6.07) is 14.5. The summed E-state index contributed by atoms with van der Waals surface area (Å²) in [5, 5.41) is 0. The molecule has 26 heavy (non-hydrogen) atoms. The first-order valence-corrected chi connectivity index (χ1v) is 10.0. The molecule has 1 N–H and O–H groups in total. The third-order valence-corrected chi connectivity index (χ3v) is 6.28. The highest BCUT2D eigenvalue weighted by atomic mass is 32.2. The van der Waals surface area contributed by atoms with Crippen molar-refractivity contribution >= 4 is 27.5 Å². The van der Waals surface area contributed by atoms with Crippen LogP contribution in [0.5, 0.6) is 0 Å².